The zero-order valence-corrected chi connectivity index (χ0v) is 18.3. The number of halogens is 2. The van der Waals surface area contributed by atoms with Crippen molar-refractivity contribution in [1.29, 1.82) is 0 Å². The van der Waals surface area contributed by atoms with Crippen molar-refractivity contribution < 1.29 is 4.79 Å². The summed E-state index contributed by atoms with van der Waals surface area (Å²) in [6, 6.07) is 14.2. The number of hydrogen-bond acceptors (Lipinski definition) is 2. The predicted molar refractivity (Wildman–Crippen MR) is 116 cm³/mol. The van der Waals surface area contributed by atoms with Crippen molar-refractivity contribution in [3.63, 3.8) is 0 Å². The minimum atomic E-state index is -0.195. The van der Waals surface area contributed by atoms with E-state index in [0.29, 0.717) is 12.5 Å². The van der Waals surface area contributed by atoms with Crippen LogP contribution in [-0.4, -0.2) is 18.3 Å². The molecule has 2 N–H and O–H groups in total. The van der Waals surface area contributed by atoms with Crippen molar-refractivity contribution >= 4 is 55.3 Å². The molecule has 0 fully saturated rings. The molecule has 2 aromatic carbocycles. The second kappa shape index (κ2) is 10.2. The molecule has 0 aliphatic rings. The average molecular weight is 486 g/mol. The van der Waals surface area contributed by atoms with Crippen LogP contribution >= 0.6 is 43.6 Å². The Morgan fingerprint density at radius 2 is 1.76 bits per heavy atom. The fourth-order valence-electron chi connectivity index (χ4n) is 2.20. The van der Waals surface area contributed by atoms with Gasteiger partial charge in [0.1, 0.15) is 0 Å². The van der Waals surface area contributed by atoms with Gasteiger partial charge in [-0.3, -0.25) is 0 Å². The summed E-state index contributed by atoms with van der Waals surface area (Å²) in [5.74, 6) is 2.26. The topological polar surface area (TPSA) is 41.1 Å². The van der Waals surface area contributed by atoms with Crippen molar-refractivity contribution in [2.24, 2.45) is 0 Å². The van der Waals surface area contributed by atoms with Gasteiger partial charge in [-0.1, -0.05) is 44.2 Å². The summed E-state index contributed by atoms with van der Waals surface area (Å²) in [5.41, 5.74) is 3.26. The summed E-state index contributed by atoms with van der Waals surface area (Å²) in [6.07, 6.45) is 0. The average Bonchev–Trinajstić information content (AvgIpc) is 2.58. The first-order valence-electron chi connectivity index (χ1n) is 8.13. The van der Waals surface area contributed by atoms with E-state index in [4.69, 9.17) is 0 Å². The summed E-state index contributed by atoms with van der Waals surface area (Å²) in [5, 5.41) is 5.80. The molecule has 0 bridgehead atoms. The molecule has 0 heterocycles. The van der Waals surface area contributed by atoms with Crippen molar-refractivity contribution in [2.75, 3.05) is 17.6 Å². The van der Waals surface area contributed by atoms with E-state index in [9.17, 15) is 4.79 Å². The number of urea groups is 1. The largest absolute Gasteiger partial charge is 0.337 e. The summed E-state index contributed by atoms with van der Waals surface area (Å²) >= 11 is 8.88. The lowest BCUT2D eigenvalue weighted by molar-refractivity contribution is 0.252. The standard InChI is InChI=1S/C19H22Br2N2OS/c1-13(2)15-10-16(20)18(17(21)11-15)23-19(24)22-8-9-25-12-14-6-4-3-5-7-14/h3-7,10-11,13H,8-9,12H2,1-2H3,(H2,22,23,24). The predicted octanol–water partition coefficient (Wildman–Crippen LogP) is 6.39. The minimum absolute atomic E-state index is 0.195. The number of amides is 2. The van der Waals surface area contributed by atoms with Crippen LogP contribution in [0.2, 0.25) is 0 Å². The van der Waals surface area contributed by atoms with Gasteiger partial charge in [0.15, 0.2) is 0 Å². The van der Waals surface area contributed by atoms with Gasteiger partial charge in [0.25, 0.3) is 0 Å². The van der Waals surface area contributed by atoms with Crippen LogP contribution in [0.4, 0.5) is 10.5 Å². The van der Waals surface area contributed by atoms with Crippen molar-refractivity contribution in [1.82, 2.24) is 5.32 Å². The van der Waals surface area contributed by atoms with Crippen LogP contribution in [-0.2, 0) is 5.75 Å². The molecule has 0 radical (unpaired) electrons. The number of benzene rings is 2. The maximum atomic E-state index is 12.1. The highest BCUT2D eigenvalue weighted by Crippen LogP contribution is 2.34. The van der Waals surface area contributed by atoms with Crippen LogP contribution < -0.4 is 10.6 Å². The Hall–Kier alpha value is -0.980. The highest BCUT2D eigenvalue weighted by Gasteiger charge is 2.12. The fraction of sp³-hybridized carbons (Fsp3) is 0.316. The molecule has 0 atom stereocenters. The molecule has 0 aromatic heterocycles. The van der Waals surface area contributed by atoms with Crippen molar-refractivity contribution in [3.8, 4) is 0 Å². The van der Waals surface area contributed by atoms with Crippen molar-refractivity contribution in [2.45, 2.75) is 25.5 Å². The van der Waals surface area contributed by atoms with E-state index in [1.807, 2.05) is 30.3 Å². The van der Waals surface area contributed by atoms with Gasteiger partial charge in [-0.25, -0.2) is 4.79 Å². The molecule has 2 rings (SSSR count). The molecule has 134 valence electrons. The number of rotatable bonds is 7. The smallest absolute Gasteiger partial charge is 0.319 e. The quantitative estimate of drug-likeness (QED) is 0.446. The Bertz CT molecular complexity index is 685. The summed E-state index contributed by atoms with van der Waals surface area (Å²) in [6.45, 7) is 4.91. The van der Waals surface area contributed by atoms with Crippen LogP contribution in [0.1, 0.15) is 30.9 Å². The van der Waals surface area contributed by atoms with Gasteiger partial charge in [0.2, 0.25) is 0 Å². The van der Waals surface area contributed by atoms with Crippen molar-refractivity contribution in [3.05, 3.63) is 62.5 Å². The van der Waals surface area contributed by atoms with Gasteiger partial charge in [-0.2, -0.15) is 11.8 Å². The minimum Gasteiger partial charge on any atom is -0.337 e. The molecule has 3 nitrogen and oxygen atoms in total. The third-order valence-corrected chi connectivity index (χ3v) is 5.89. The van der Waals surface area contributed by atoms with Crippen LogP contribution in [0.3, 0.4) is 0 Å². The third-order valence-electron chi connectivity index (χ3n) is 3.61. The number of thioether (sulfide) groups is 1. The molecule has 0 saturated carbocycles. The van der Waals surface area contributed by atoms with Gasteiger partial charge >= 0.3 is 6.03 Å². The second-order valence-corrected chi connectivity index (χ2v) is 8.75. The lowest BCUT2D eigenvalue weighted by Gasteiger charge is -2.14. The van der Waals surface area contributed by atoms with Gasteiger partial charge in [-0.05, 0) is 61.0 Å². The Kier molecular flexibility index (Phi) is 8.33. The lowest BCUT2D eigenvalue weighted by atomic mass is 10.0. The van der Waals surface area contributed by atoms with Crippen LogP contribution in [0.5, 0.6) is 0 Å². The van der Waals surface area contributed by atoms with Crippen LogP contribution in [0.15, 0.2) is 51.4 Å². The molecule has 0 aliphatic heterocycles. The maximum Gasteiger partial charge on any atom is 0.319 e. The molecule has 2 aromatic rings. The van der Waals surface area contributed by atoms with E-state index < -0.39 is 0 Å². The molecular weight excluding hydrogens is 464 g/mol. The second-order valence-electron chi connectivity index (χ2n) is 5.93. The van der Waals surface area contributed by atoms with E-state index in [1.54, 1.807) is 11.8 Å². The number of carbonyl (C=O) groups excluding carboxylic acids is 1. The maximum absolute atomic E-state index is 12.1. The molecule has 0 spiro atoms. The monoisotopic (exact) mass is 484 g/mol. The van der Waals surface area contributed by atoms with E-state index in [2.05, 4.69) is 68.5 Å². The van der Waals surface area contributed by atoms with E-state index in [-0.39, 0.29) is 6.03 Å². The molecule has 2 amide bonds. The van der Waals surface area contributed by atoms with Gasteiger partial charge < -0.3 is 10.6 Å². The van der Waals surface area contributed by atoms with Gasteiger partial charge in [-0.15, -0.1) is 0 Å². The Morgan fingerprint density at radius 1 is 1.12 bits per heavy atom. The highest BCUT2D eigenvalue weighted by molar-refractivity contribution is 9.11. The summed E-state index contributed by atoms with van der Waals surface area (Å²) < 4.78 is 1.75. The number of carbonyl (C=O) groups is 1. The number of anilines is 1. The van der Waals surface area contributed by atoms with Gasteiger partial charge in [0.05, 0.1) is 5.69 Å². The highest BCUT2D eigenvalue weighted by atomic mass is 79.9. The zero-order valence-electron chi connectivity index (χ0n) is 14.3. The van der Waals surface area contributed by atoms with E-state index in [1.165, 1.54) is 11.1 Å². The first-order valence-corrected chi connectivity index (χ1v) is 10.9. The Labute approximate surface area is 170 Å². The molecular formula is C19H22Br2N2OS. The molecule has 0 saturated heterocycles. The molecule has 25 heavy (non-hydrogen) atoms. The lowest BCUT2D eigenvalue weighted by Crippen LogP contribution is -2.30. The zero-order chi connectivity index (χ0) is 18.2. The Morgan fingerprint density at radius 3 is 2.36 bits per heavy atom. The SMILES string of the molecule is CC(C)c1cc(Br)c(NC(=O)NCCSCc2ccccc2)c(Br)c1. The van der Waals surface area contributed by atoms with Gasteiger partial charge in [0, 0.05) is 27.0 Å². The Balaban J connectivity index is 1.77. The van der Waals surface area contributed by atoms with E-state index >= 15 is 0 Å². The van der Waals surface area contributed by atoms with E-state index in [0.717, 1.165) is 26.1 Å². The third kappa shape index (κ3) is 6.68. The van der Waals surface area contributed by atoms with Crippen LogP contribution in [0.25, 0.3) is 0 Å². The fourth-order valence-corrected chi connectivity index (χ4v) is 4.44. The molecule has 0 unspecified atom stereocenters. The normalized spacial score (nSPS) is 10.8. The molecule has 0 aliphatic carbocycles. The first kappa shape index (κ1) is 20.3. The van der Waals surface area contributed by atoms with Crippen LogP contribution in [0, 0.1) is 0 Å². The summed E-state index contributed by atoms with van der Waals surface area (Å²) in [4.78, 5) is 12.1. The number of hydrogen-bond donors (Lipinski definition) is 2. The number of nitrogens with one attached hydrogen (secondary N) is 2. The molecule has 6 heteroatoms. The summed E-state index contributed by atoms with van der Waals surface area (Å²) in [7, 11) is 0. The first-order chi connectivity index (χ1) is 12.0.